The van der Waals surface area contributed by atoms with Crippen LogP contribution in [0, 0.1) is 5.92 Å². The summed E-state index contributed by atoms with van der Waals surface area (Å²) in [7, 11) is 0. The van der Waals surface area contributed by atoms with Gasteiger partial charge in [-0.25, -0.2) is 0 Å². The van der Waals surface area contributed by atoms with Crippen LogP contribution in [0.5, 0.6) is 0 Å². The molecule has 106 valence electrons. The van der Waals surface area contributed by atoms with Gasteiger partial charge in [0.25, 0.3) is 0 Å². The van der Waals surface area contributed by atoms with E-state index in [0.29, 0.717) is 18.1 Å². The van der Waals surface area contributed by atoms with Gasteiger partial charge in [0.2, 0.25) is 0 Å². The zero-order chi connectivity index (χ0) is 14.3. The molecule has 1 rings (SSSR count). The molecule has 0 radical (unpaired) electrons. The number of hydrogen-bond donors (Lipinski definition) is 0. The maximum atomic E-state index is 12.3. The van der Waals surface area contributed by atoms with Crippen molar-refractivity contribution in [3.05, 3.63) is 35.4 Å². The van der Waals surface area contributed by atoms with Gasteiger partial charge in [-0.3, -0.25) is 4.79 Å². The van der Waals surface area contributed by atoms with Gasteiger partial charge in [0.1, 0.15) is 5.78 Å². The molecule has 19 heavy (non-hydrogen) atoms. The topological polar surface area (TPSA) is 17.1 Å². The monoisotopic (exact) mass is 260 g/mol. The highest BCUT2D eigenvalue weighted by Crippen LogP contribution is 2.18. The molecular weight excluding hydrogens is 232 g/mol. The van der Waals surface area contributed by atoms with Crippen LogP contribution in [0.1, 0.15) is 70.4 Å². The van der Waals surface area contributed by atoms with E-state index in [1.807, 2.05) is 0 Å². The first-order chi connectivity index (χ1) is 9.08. The van der Waals surface area contributed by atoms with Crippen molar-refractivity contribution in [2.75, 3.05) is 0 Å². The molecular formula is C18H28O. The van der Waals surface area contributed by atoms with Gasteiger partial charge in [-0.15, -0.1) is 0 Å². The summed E-state index contributed by atoms with van der Waals surface area (Å²) in [5.41, 5.74) is 2.50. The maximum Gasteiger partial charge on any atom is 0.140 e. The smallest absolute Gasteiger partial charge is 0.140 e. The Morgan fingerprint density at radius 3 is 2.21 bits per heavy atom. The Morgan fingerprint density at radius 2 is 1.74 bits per heavy atom. The summed E-state index contributed by atoms with van der Waals surface area (Å²) in [4.78, 5) is 12.3. The lowest BCUT2D eigenvalue weighted by molar-refractivity contribution is -0.122. The zero-order valence-electron chi connectivity index (χ0n) is 12.9. The van der Waals surface area contributed by atoms with Gasteiger partial charge < -0.3 is 0 Å². The largest absolute Gasteiger partial charge is 0.299 e. The van der Waals surface area contributed by atoms with E-state index in [9.17, 15) is 4.79 Å². The fourth-order valence-electron chi connectivity index (χ4n) is 2.41. The Bertz CT molecular complexity index is 375. The Kier molecular flexibility index (Phi) is 6.83. The van der Waals surface area contributed by atoms with Crippen molar-refractivity contribution in [3.8, 4) is 0 Å². The number of rotatable bonds is 8. The molecule has 1 unspecified atom stereocenters. The van der Waals surface area contributed by atoms with Gasteiger partial charge in [-0.2, -0.15) is 0 Å². The molecule has 1 atom stereocenters. The molecule has 0 aromatic heterocycles. The summed E-state index contributed by atoms with van der Waals surface area (Å²) in [5.74, 6) is 1.22. The zero-order valence-corrected chi connectivity index (χ0v) is 12.9. The molecule has 1 nitrogen and oxygen atoms in total. The van der Waals surface area contributed by atoms with Crippen molar-refractivity contribution in [1.82, 2.24) is 0 Å². The van der Waals surface area contributed by atoms with Crippen LogP contribution in [0.3, 0.4) is 0 Å². The number of hydrogen-bond acceptors (Lipinski definition) is 1. The fraction of sp³-hybridized carbons (Fsp3) is 0.611. The predicted octanol–water partition coefficient (Wildman–Crippen LogP) is 5.14. The third-order valence-corrected chi connectivity index (χ3v) is 3.88. The van der Waals surface area contributed by atoms with Crippen LogP contribution >= 0.6 is 0 Å². The van der Waals surface area contributed by atoms with Crippen LogP contribution in [-0.2, 0) is 11.2 Å². The minimum Gasteiger partial charge on any atom is -0.299 e. The first kappa shape index (κ1) is 15.9. The Morgan fingerprint density at radius 1 is 1.11 bits per heavy atom. The highest BCUT2D eigenvalue weighted by atomic mass is 16.1. The molecule has 0 saturated heterocycles. The van der Waals surface area contributed by atoms with E-state index in [-0.39, 0.29) is 5.92 Å². The predicted molar refractivity (Wildman–Crippen MR) is 82.5 cm³/mol. The Labute approximate surface area is 118 Å². The highest BCUT2D eigenvalue weighted by Gasteiger charge is 2.16. The first-order valence-corrected chi connectivity index (χ1v) is 7.70. The van der Waals surface area contributed by atoms with Crippen molar-refractivity contribution < 1.29 is 4.79 Å². The van der Waals surface area contributed by atoms with E-state index in [4.69, 9.17) is 0 Å². The molecule has 0 amide bonds. The molecule has 0 N–H and O–H groups in total. The molecule has 0 spiro atoms. The van der Waals surface area contributed by atoms with Gasteiger partial charge in [-0.1, -0.05) is 64.8 Å². The maximum absolute atomic E-state index is 12.3. The number of Topliss-reactive ketones (excluding diaryl/α,β-unsaturated/α-hetero) is 1. The SMILES string of the molecule is CCCCC(CC)C(=O)Cc1ccc(C(C)C)cc1. The lowest BCUT2D eigenvalue weighted by atomic mass is 9.90. The van der Waals surface area contributed by atoms with E-state index in [1.165, 1.54) is 12.0 Å². The van der Waals surface area contributed by atoms with Crippen molar-refractivity contribution >= 4 is 5.78 Å². The van der Waals surface area contributed by atoms with E-state index in [0.717, 1.165) is 24.8 Å². The third kappa shape index (κ3) is 5.18. The summed E-state index contributed by atoms with van der Waals surface area (Å²) >= 11 is 0. The molecule has 1 aromatic rings. The number of ketones is 1. The molecule has 0 heterocycles. The first-order valence-electron chi connectivity index (χ1n) is 7.70. The van der Waals surface area contributed by atoms with Crippen molar-refractivity contribution in [1.29, 1.82) is 0 Å². The van der Waals surface area contributed by atoms with Gasteiger partial charge >= 0.3 is 0 Å². The van der Waals surface area contributed by atoms with Crippen molar-refractivity contribution in [3.63, 3.8) is 0 Å². The second kappa shape index (κ2) is 8.14. The fourth-order valence-corrected chi connectivity index (χ4v) is 2.41. The van der Waals surface area contributed by atoms with Crippen LogP contribution in [0.15, 0.2) is 24.3 Å². The van der Waals surface area contributed by atoms with Gasteiger partial charge in [0, 0.05) is 12.3 Å². The number of benzene rings is 1. The summed E-state index contributed by atoms with van der Waals surface area (Å²) < 4.78 is 0. The normalized spacial score (nSPS) is 12.7. The molecule has 0 bridgehead atoms. The number of carbonyl (C=O) groups is 1. The molecule has 0 aliphatic carbocycles. The van der Waals surface area contributed by atoms with Crippen molar-refractivity contribution in [2.45, 2.75) is 65.7 Å². The summed E-state index contributed by atoms with van der Waals surface area (Å²) in [6.45, 7) is 8.69. The molecule has 1 aromatic carbocycles. The van der Waals surface area contributed by atoms with Crippen LogP contribution in [0.2, 0.25) is 0 Å². The molecule has 0 saturated carbocycles. The average molecular weight is 260 g/mol. The average Bonchev–Trinajstić information content (AvgIpc) is 2.40. The number of carbonyl (C=O) groups excluding carboxylic acids is 1. The molecule has 0 aliphatic heterocycles. The minimum absolute atomic E-state index is 0.254. The summed E-state index contributed by atoms with van der Waals surface area (Å²) in [6, 6.07) is 8.53. The van der Waals surface area contributed by atoms with Crippen LogP contribution in [0.4, 0.5) is 0 Å². The quantitative estimate of drug-likeness (QED) is 0.632. The van der Waals surface area contributed by atoms with Crippen molar-refractivity contribution in [2.24, 2.45) is 5.92 Å². The lowest BCUT2D eigenvalue weighted by Crippen LogP contribution is -2.16. The van der Waals surface area contributed by atoms with Crippen LogP contribution in [0.25, 0.3) is 0 Å². The second-order valence-corrected chi connectivity index (χ2v) is 5.79. The van der Waals surface area contributed by atoms with Crippen LogP contribution in [-0.4, -0.2) is 5.78 Å². The minimum atomic E-state index is 0.254. The Hall–Kier alpha value is -1.11. The molecule has 0 aliphatic rings. The molecule has 1 heteroatoms. The van der Waals surface area contributed by atoms with E-state index in [1.54, 1.807) is 0 Å². The molecule has 0 fully saturated rings. The highest BCUT2D eigenvalue weighted by molar-refractivity contribution is 5.83. The van der Waals surface area contributed by atoms with Gasteiger partial charge in [0.05, 0.1) is 0 Å². The number of unbranched alkanes of at least 4 members (excludes halogenated alkanes) is 1. The second-order valence-electron chi connectivity index (χ2n) is 5.79. The summed E-state index contributed by atoms with van der Waals surface area (Å²) in [6.07, 6.45) is 4.96. The third-order valence-electron chi connectivity index (χ3n) is 3.88. The van der Waals surface area contributed by atoms with E-state index in [2.05, 4.69) is 52.0 Å². The summed E-state index contributed by atoms with van der Waals surface area (Å²) in [5, 5.41) is 0. The van der Waals surface area contributed by atoms with Crippen LogP contribution < -0.4 is 0 Å². The Balaban J connectivity index is 2.59. The van der Waals surface area contributed by atoms with Gasteiger partial charge in [-0.05, 0) is 29.9 Å². The lowest BCUT2D eigenvalue weighted by Gasteiger charge is -2.13. The standard InChI is InChI=1S/C18H28O/c1-5-7-8-16(6-2)18(19)13-15-9-11-17(12-10-15)14(3)4/h9-12,14,16H,5-8,13H2,1-4H3. The van der Waals surface area contributed by atoms with E-state index >= 15 is 0 Å². The van der Waals surface area contributed by atoms with Gasteiger partial charge in [0.15, 0.2) is 0 Å². The van der Waals surface area contributed by atoms with E-state index < -0.39 is 0 Å².